The van der Waals surface area contributed by atoms with E-state index in [4.69, 9.17) is 4.98 Å². The zero-order valence-corrected chi connectivity index (χ0v) is 34.2. The van der Waals surface area contributed by atoms with E-state index in [2.05, 4.69) is 96.4 Å². The summed E-state index contributed by atoms with van der Waals surface area (Å²) in [6.45, 7) is 24.8. The monoisotopic (exact) mass is 751 g/mol. The molecule has 0 amide bonds. The van der Waals surface area contributed by atoms with Crippen molar-refractivity contribution < 1.29 is 18.6 Å². The smallest absolute Gasteiger partial charge is 0.160 e. The van der Waals surface area contributed by atoms with Crippen molar-refractivity contribution in [1.82, 2.24) is 15.0 Å². The molecule has 1 N–H and O–H groups in total. The normalized spacial score (nSPS) is 11.3. The van der Waals surface area contributed by atoms with Gasteiger partial charge in [-0.1, -0.05) is 113 Å². The number of unbranched alkanes of at least 4 members (excludes halogenated alkanes) is 6. The van der Waals surface area contributed by atoms with Crippen molar-refractivity contribution in [2.75, 3.05) is 23.3 Å². The number of hydrogen-bond donors (Lipinski definition) is 2. The molecule has 1 aromatic carbocycles. The maximum Gasteiger partial charge on any atom is 0.160 e. The van der Waals surface area contributed by atoms with Gasteiger partial charge in [-0.15, -0.1) is 19.2 Å². The van der Waals surface area contributed by atoms with E-state index < -0.39 is 0 Å². The largest absolute Gasteiger partial charge is 0.352 e. The number of nitrogens with zero attached hydrogens (tertiary/aromatic N) is 4. The summed E-state index contributed by atoms with van der Waals surface area (Å²) in [7, 11) is 0. The predicted octanol–water partition coefficient (Wildman–Crippen LogP) is 12.9. The molecule has 0 saturated carbocycles. The van der Waals surface area contributed by atoms with Crippen LogP contribution in [0.4, 0.5) is 17.3 Å². The fourth-order valence-electron chi connectivity index (χ4n) is 4.79. The van der Waals surface area contributed by atoms with Crippen LogP contribution in [0.1, 0.15) is 120 Å². The number of benzene rings is 1. The summed E-state index contributed by atoms with van der Waals surface area (Å²) in [6.07, 6.45) is 18.0. The molecule has 0 fully saturated rings. The Bertz CT molecular complexity index is 1160. The minimum absolute atomic E-state index is 0. The molecule has 2 unspecified atom stereocenters. The van der Waals surface area contributed by atoms with E-state index in [0.717, 1.165) is 51.3 Å². The first-order valence-electron chi connectivity index (χ1n) is 17.4. The Balaban J connectivity index is 0. The number of fused-ring (bicyclic) bond motifs is 1. The molecule has 5 nitrogen and oxygen atoms in total. The number of anilines is 3. The minimum Gasteiger partial charge on any atom is -0.352 e. The van der Waals surface area contributed by atoms with Crippen LogP contribution in [-0.2, 0) is 18.6 Å². The Hall–Kier alpha value is -1.54. The van der Waals surface area contributed by atoms with Crippen LogP contribution in [0.15, 0.2) is 58.7 Å². The third-order valence-corrected chi connectivity index (χ3v) is 8.36. The summed E-state index contributed by atoms with van der Waals surface area (Å²) in [6, 6.07) is 9.84. The van der Waals surface area contributed by atoms with Gasteiger partial charge in [-0.25, -0.2) is 15.0 Å². The Morgan fingerprint density at radius 3 is 2.09 bits per heavy atom. The first-order valence-corrected chi connectivity index (χ1v) is 18.6. The van der Waals surface area contributed by atoms with E-state index in [-0.39, 0.29) is 18.6 Å². The number of rotatable bonds is 17. The van der Waals surface area contributed by atoms with Gasteiger partial charge in [0.2, 0.25) is 0 Å². The first-order chi connectivity index (χ1) is 21.9. The molecule has 46 heavy (non-hydrogen) atoms. The van der Waals surface area contributed by atoms with Crippen molar-refractivity contribution in [3.63, 3.8) is 0 Å². The molecule has 0 saturated heterocycles. The SMILES string of the molecule is C=CCN(CC(C[CH-]C)C(C)CC)c1nc2c(Nc3ccc(S)cc3)ncnc2cc1Br.CC.CC.CCCCCCCCC.[V]. The molecule has 3 rings (SSSR count). The van der Waals surface area contributed by atoms with Crippen molar-refractivity contribution in [2.45, 2.75) is 125 Å². The quantitative estimate of drug-likeness (QED) is 0.0622. The molecular weight excluding hydrogens is 689 g/mol. The fraction of sp³-hybridized carbons (Fsp3) is 0.579. The molecule has 0 spiro atoms. The van der Waals surface area contributed by atoms with Crippen LogP contribution in [0.2, 0.25) is 0 Å². The third kappa shape index (κ3) is 17.6. The molecule has 1 radical (unpaired) electrons. The molecule has 2 atom stereocenters. The van der Waals surface area contributed by atoms with Gasteiger partial charge >= 0.3 is 0 Å². The second kappa shape index (κ2) is 29.6. The van der Waals surface area contributed by atoms with E-state index in [1.807, 2.05) is 64.1 Å². The molecule has 2 heterocycles. The molecule has 8 heteroatoms. The minimum atomic E-state index is 0. The summed E-state index contributed by atoms with van der Waals surface area (Å²) >= 11 is 8.10. The van der Waals surface area contributed by atoms with E-state index in [9.17, 15) is 0 Å². The van der Waals surface area contributed by atoms with Crippen molar-refractivity contribution in [2.24, 2.45) is 11.8 Å². The van der Waals surface area contributed by atoms with Gasteiger partial charge in [0, 0.05) is 42.2 Å². The second-order valence-electron chi connectivity index (χ2n) is 10.8. The van der Waals surface area contributed by atoms with Gasteiger partial charge in [-0.3, -0.25) is 0 Å². The van der Waals surface area contributed by atoms with Crippen molar-refractivity contribution in [3.8, 4) is 0 Å². The van der Waals surface area contributed by atoms with E-state index >= 15 is 0 Å². The molecule has 0 aliphatic heterocycles. The summed E-state index contributed by atoms with van der Waals surface area (Å²) in [4.78, 5) is 17.1. The van der Waals surface area contributed by atoms with Gasteiger partial charge < -0.3 is 16.6 Å². The van der Waals surface area contributed by atoms with Gasteiger partial charge in [0.1, 0.15) is 17.7 Å². The molecule has 3 aromatic rings. The van der Waals surface area contributed by atoms with Crippen LogP contribution in [-0.4, -0.2) is 28.0 Å². The Kier molecular flexibility index (Phi) is 30.0. The summed E-state index contributed by atoms with van der Waals surface area (Å²) in [5, 5.41) is 3.37. The summed E-state index contributed by atoms with van der Waals surface area (Å²) in [5.74, 6) is 2.71. The zero-order chi connectivity index (χ0) is 34.0. The molecule has 0 bridgehead atoms. The van der Waals surface area contributed by atoms with Crippen LogP contribution < -0.4 is 10.2 Å². The summed E-state index contributed by atoms with van der Waals surface area (Å²) in [5.41, 5.74) is 2.44. The van der Waals surface area contributed by atoms with Gasteiger partial charge in [0.05, 0.1) is 9.99 Å². The fourth-order valence-corrected chi connectivity index (χ4v) is 5.49. The number of hydrogen-bond acceptors (Lipinski definition) is 6. The van der Waals surface area contributed by atoms with E-state index in [0.29, 0.717) is 24.2 Å². The van der Waals surface area contributed by atoms with Crippen LogP contribution in [0.5, 0.6) is 0 Å². The second-order valence-corrected chi connectivity index (χ2v) is 12.2. The van der Waals surface area contributed by atoms with Gasteiger partial charge in [-0.2, -0.15) is 13.3 Å². The molecule has 259 valence electrons. The number of nitrogens with one attached hydrogen (secondary N) is 1. The molecule has 0 aliphatic rings. The summed E-state index contributed by atoms with van der Waals surface area (Å²) < 4.78 is 0.916. The number of aromatic nitrogens is 3. The Morgan fingerprint density at radius 1 is 0.978 bits per heavy atom. The third-order valence-electron chi connectivity index (χ3n) is 7.47. The molecule has 2 aromatic heterocycles. The van der Waals surface area contributed by atoms with E-state index in [1.165, 1.54) is 44.9 Å². The van der Waals surface area contributed by atoms with Gasteiger partial charge in [0.25, 0.3) is 0 Å². The van der Waals surface area contributed by atoms with Crippen molar-refractivity contribution in [3.05, 3.63) is 60.2 Å². The standard InChI is InChI=1S/C25H31BrN5S.C9H20.2C2H6.V/c1-5-8-18(17(4)7-3)15-31(13-6-2)25-21(26)14-22-23(30-25)24(28-16-27-22)29-19-9-11-20(32)12-10-19;1-3-5-7-9-8-6-4-2;2*1-2;/h5-6,9-12,14,16-18,32H,2,7-8,13,15H2,1,3-4H3,(H,27,28,29);3-9H2,1-2H3;2*1-2H3;/q-1;;;;. The molecular formula is C38H63BrN5SV-. The first kappa shape index (κ1) is 46.6. The van der Waals surface area contributed by atoms with E-state index in [1.54, 1.807) is 6.33 Å². The van der Waals surface area contributed by atoms with Crippen LogP contribution in [0.3, 0.4) is 0 Å². The maximum atomic E-state index is 5.02. The Morgan fingerprint density at radius 2 is 1.57 bits per heavy atom. The van der Waals surface area contributed by atoms with Crippen molar-refractivity contribution >= 4 is 56.9 Å². The Labute approximate surface area is 309 Å². The van der Waals surface area contributed by atoms with Gasteiger partial charge in [-0.05, 0) is 58.1 Å². The number of thiol groups is 1. The average Bonchev–Trinajstić information content (AvgIpc) is 3.07. The predicted molar refractivity (Wildman–Crippen MR) is 208 cm³/mol. The van der Waals surface area contributed by atoms with Gasteiger partial charge in [0.15, 0.2) is 5.82 Å². The topological polar surface area (TPSA) is 53.9 Å². The van der Waals surface area contributed by atoms with Crippen molar-refractivity contribution in [1.29, 1.82) is 0 Å². The van der Waals surface area contributed by atoms with Crippen LogP contribution in [0, 0.1) is 18.3 Å². The average molecular weight is 753 g/mol. The number of pyridine rings is 1. The zero-order valence-electron chi connectivity index (χ0n) is 30.3. The van der Waals surface area contributed by atoms with Crippen LogP contribution in [0.25, 0.3) is 11.0 Å². The maximum absolute atomic E-state index is 5.02. The number of halogens is 1. The van der Waals surface area contributed by atoms with Crippen LogP contribution >= 0.6 is 28.6 Å². The molecule has 0 aliphatic carbocycles.